The number of ether oxygens (including phenoxy) is 2. The van der Waals surface area contributed by atoms with E-state index in [-0.39, 0.29) is 11.7 Å². The smallest absolute Gasteiger partial charge is 0.384 e. The lowest BCUT2D eigenvalue weighted by atomic mass is 9.90. The van der Waals surface area contributed by atoms with E-state index in [1.165, 1.54) is 6.42 Å². The predicted molar refractivity (Wildman–Crippen MR) is 50.5 cm³/mol. The summed E-state index contributed by atoms with van der Waals surface area (Å²) in [5.74, 6) is 4.97. The lowest BCUT2D eigenvalue weighted by Gasteiger charge is -2.09. The van der Waals surface area contributed by atoms with E-state index in [2.05, 4.69) is 11.8 Å². The van der Waals surface area contributed by atoms with Crippen LogP contribution in [0.2, 0.25) is 0 Å². The normalized spacial score (nSPS) is 33.6. The van der Waals surface area contributed by atoms with Crippen LogP contribution in [0.25, 0.3) is 0 Å². The summed E-state index contributed by atoms with van der Waals surface area (Å²) in [5, 5.41) is 0. The van der Waals surface area contributed by atoms with Crippen molar-refractivity contribution in [2.24, 2.45) is 0 Å². The molecule has 0 amide bonds. The van der Waals surface area contributed by atoms with E-state index in [4.69, 9.17) is 9.47 Å². The summed E-state index contributed by atoms with van der Waals surface area (Å²) in [6.45, 7) is 2.15. The van der Waals surface area contributed by atoms with E-state index in [1.807, 2.05) is 0 Å². The van der Waals surface area contributed by atoms with Crippen LogP contribution in [-0.2, 0) is 14.3 Å². The monoisotopic (exact) mass is 194 g/mol. The number of rotatable bonds is 1. The van der Waals surface area contributed by atoms with E-state index in [9.17, 15) is 4.79 Å². The van der Waals surface area contributed by atoms with Gasteiger partial charge in [0.05, 0.1) is 12.7 Å². The van der Waals surface area contributed by atoms with E-state index in [0.717, 1.165) is 19.3 Å². The molecule has 2 aliphatic rings. The maximum atomic E-state index is 11.0. The van der Waals surface area contributed by atoms with Crippen molar-refractivity contribution < 1.29 is 14.3 Å². The Morgan fingerprint density at radius 1 is 1.64 bits per heavy atom. The fourth-order valence-electron chi connectivity index (χ4n) is 1.95. The number of fused-ring (bicyclic) bond motifs is 1. The predicted octanol–water partition coefficient (Wildman–Crippen LogP) is 1.26. The van der Waals surface area contributed by atoms with E-state index in [0.29, 0.717) is 6.61 Å². The second-order valence-corrected chi connectivity index (χ2v) is 3.71. The van der Waals surface area contributed by atoms with Gasteiger partial charge < -0.3 is 9.47 Å². The molecule has 2 fully saturated rings. The summed E-state index contributed by atoms with van der Waals surface area (Å²) in [5.41, 5.74) is -0.287. The third-order valence-corrected chi connectivity index (χ3v) is 2.73. The van der Waals surface area contributed by atoms with Gasteiger partial charge in [-0.05, 0) is 26.2 Å². The average molecular weight is 194 g/mol. The highest BCUT2D eigenvalue weighted by molar-refractivity contribution is 5.88. The minimum Gasteiger partial charge on any atom is -0.456 e. The molecule has 1 aliphatic carbocycles. The van der Waals surface area contributed by atoms with Crippen molar-refractivity contribution in [2.45, 2.75) is 44.3 Å². The van der Waals surface area contributed by atoms with Gasteiger partial charge in [0.15, 0.2) is 5.60 Å². The molecular weight excluding hydrogens is 180 g/mol. The first kappa shape index (κ1) is 9.54. The Kier molecular flexibility index (Phi) is 2.47. The number of carbonyl (C=O) groups excluding carboxylic acids is 1. The summed E-state index contributed by atoms with van der Waals surface area (Å²) in [6.07, 6.45) is 4.68. The van der Waals surface area contributed by atoms with Gasteiger partial charge in [-0.1, -0.05) is 12.3 Å². The number of hydrogen-bond acceptors (Lipinski definition) is 3. The Morgan fingerprint density at radius 2 is 2.50 bits per heavy atom. The Labute approximate surface area is 83.8 Å². The molecule has 3 heteroatoms. The first-order chi connectivity index (χ1) is 6.77. The third kappa shape index (κ3) is 1.76. The van der Waals surface area contributed by atoms with Gasteiger partial charge in [-0.15, -0.1) is 0 Å². The SMILES string of the molecule is CCOC(=O)C#C[C@@]12CCCC[C@@H]1O2. The summed E-state index contributed by atoms with van der Waals surface area (Å²) < 4.78 is 10.2. The molecule has 1 saturated carbocycles. The van der Waals surface area contributed by atoms with Gasteiger partial charge >= 0.3 is 5.97 Å². The van der Waals surface area contributed by atoms with Crippen molar-refractivity contribution in [1.82, 2.24) is 0 Å². The highest BCUT2D eigenvalue weighted by Crippen LogP contribution is 2.47. The van der Waals surface area contributed by atoms with E-state index < -0.39 is 5.97 Å². The van der Waals surface area contributed by atoms with Gasteiger partial charge in [0.1, 0.15) is 0 Å². The topological polar surface area (TPSA) is 38.8 Å². The zero-order valence-corrected chi connectivity index (χ0v) is 8.34. The third-order valence-electron chi connectivity index (χ3n) is 2.73. The maximum absolute atomic E-state index is 11.0. The quantitative estimate of drug-likeness (QED) is 0.273. The Morgan fingerprint density at radius 3 is 3.21 bits per heavy atom. The molecule has 0 spiro atoms. The van der Waals surface area contributed by atoms with Gasteiger partial charge in [-0.2, -0.15) is 0 Å². The minimum absolute atomic E-state index is 0.276. The van der Waals surface area contributed by atoms with Crippen molar-refractivity contribution in [3.8, 4) is 11.8 Å². The first-order valence-electron chi connectivity index (χ1n) is 5.14. The molecule has 3 nitrogen and oxygen atoms in total. The molecule has 0 unspecified atom stereocenters. The zero-order chi connectivity index (χ0) is 10.0. The zero-order valence-electron chi connectivity index (χ0n) is 8.34. The van der Waals surface area contributed by atoms with Crippen molar-refractivity contribution in [3.05, 3.63) is 0 Å². The molecular formula is C11H14O3. The van der Waals surface area contributed by atoms with Gasteiger partial charge in [-0.25, -0.2) is 4.79 Å². The van der Waals surface area contributed by atoms with E-state index >= 15 is 0 Å². The van der Waals surface area contributed by atoms with Crippen molar-refractivity contribution in [1.29, 1.82) is 0 Å². The van der Waals surface area contributed by atoms with Crippen LogP contribution in [0.1, 0.15) is 32.6 Å². The Balaban J connectivity index is 1.93. The molecule has 0 aromatic rings. The van der Waals surface area contributed by atoms with Crippen LogP contribution in [0.5, 0.6) is 0 Å². The van der Waals surface area contributed by atoms with Crippen LogP contribution in [0.4, 0.5) is 0 Å². The van der Waals surface area contributed by atoms with Crippen LogP contribution in [0.3, 0.4) is 0 Å². The van der Waals surface area contributed by atoms with Crippen LogP contribution in [-0.4, -0.2) is 24.3 Å². The number of epoxide rings is 1. The highest BCUT2D eigenvalue weighted by atomic mass is 16.6. The van der Waals surface area contributed by atoms with Crippen LogP contribution in [0, 0.1) is 11.8 Å². The lowest BCUT2D eigenvalue weighted by molar-refractivity contribution is -0.136. The van der Waals surface area contributed by atoms with Crippen LogP contribution < -0.4 is 0 Å². The number of hydrogen-bond donors (Lipinski definition) is 0. The molecule has 0 bridgehead atoms. The van der Waals surface area contributed by atoms with Crippen molar-refractivity contribution in [2.75, 3.05) is 6.61 Å². The van der Waals surface area contributed by atoms with Crippen LogP contribution in [0.15, 0.2) is 0 Å². The highest BCUT2D eigenvalue weighted by Gasteiger charge is 2.56. The molecule has 0 radical (unpaired) electrons. The maximum Gasteiger partial charge on any atom is 0.384 e. The Bertz CT molecular complexity index is 299. The fourth-order valence-corrected chi connectivity index (χ4v) is 1.95. The molecule has 76 valence electrons. The summed E-state index contributed by atoms with van der Waals surface area (Å²) >= 11 is 0. The molecule has 14 heavy (non-hydrogen) atoms. The summed E-state index contributed by atoms with van der Waals surface area (Å²) in [4.78, 5) is 11.0. The lowest BCUT2D eigenvalue weighted by Crippen LogP contribution is -2.17. The Hall–Kier alpha value is -1.01. The number of carbonyl (C=O) groups is 1. The van der Waals surface area contributed by atoms with Crippen LogP contribution >= 0.6 is 0 Å². The second-order valence-electron chi connectivity index (χ2n) is 3.71. The minimum atomic E-state index is -0.443. The second kappa shape index (κ2) is 3.62. The van der Waals surface area contributed by atoms with Gasteiger partial charge in [-0.3, -0.25) is 0 Å². The van der Waals surface area contributed by atoms with E-state index in [1.54, 1.807) is 6.92 Å². The molecule has 0 N–H and O–H groups in total. The average Bonchev–Trinajstić information content (AvgIpc) is 2.90. The molecule has 1 saturated heterocycles. The standard InChI is InChI=1S/C11H14O3/c1-2-13-10(12)6-8-11-7-4-3-5-9(11)14-11/h9H,2-5,7H2,1H3/t9-,11-/m0/s1. The largest absolute Gasteiger partial charge is 0.456 e. The van der Waals surface area contributed by atoms with Gasteiger partial charge in [0.25, 0.3) is 0 Å². The molecule has 1 heterocycles. The first-order valence-corrected chi connectivity index (χ1v) is 5.14. The molecule has 0 aromatic carbocycles. The summed E-state index contributed by atoms with van der Waals surface area (Å²) in [6, 6.07) is 0. The summed E-state index contributed by atoms with van der Waals surface area (Å²) in [7, 11) is 0. The molecule has 2 atom stereocenters. The van der Waals surface area contributed by atoms with Gasteiger partial charge in [0, 0.05) is 5.92 Å². The molecule has 0 aromatic heterocycles. The van der Waals surface area contributed by atoms with Crippen molar-refractivity contribution in [3.63, 3.8) is 0 Å². The number of esters is 1. The fraction of sp³-hybridized carbons (Fsp3) is 0.727. The molecule has 1 aliphatic heterocycles. The van der Waals surface area contributed by atoms with Gasteiger partial charge in [0.2, 0.25) is 0 Å². The van der Waals surface area contributed by atoms with Crippen molar-refractivity contribution >= 4 is 5.97 Å². The molecule has 2 rings (SSSR count).